The van der Waals surface area contributed by atoms with Crippen LogP contribution in [0.5, 0.6) is 0 Å². The fourth-order valence-electron chi connectivity index (χ4n) is 1.94. The van der Waals surface area contributed by atoms with E-state index in [0.717, 1.165) is 5.69 Å². The van der Waals surface area contributed by atoms with Crippen LogP contribution in [0.2, 0.25) is 0 Å². The molecular formula is C15H18N2O3S. The fraction of sp³-hybridized carbons (Fsp3) is 0.267. The van der Waals surface area contributed by atoms with Crippen LogP contribution < -0.4 is 4.72 Å². The third-order valence-electron chi connectivity index (χ3n) is 3.12. The van der Waals surface area contributed by atoms with Crippen molar-refractivity contribution in [3.05, 3.63) is 53.3 Å². The molecule has 0 amide bonds. The van der Waals surface area contributed by atoms with Crippen LogP contribution in [0.3, 0.4) is 0 Å². The maximum absolute atomic E-state index is 12.4. The van der Waals surface area contributed by atoms with E-state index in [0.29, 0.717) is 16.9 Å². The zero-order valence-electron chi connectivity index (χ0n) is 12.2. The lowest BCUT2D eigenvalue weighted by molar-refractivity contribution is 0.199. The fourth-order valence-corrected chi connectivity index (χ4v) is 3.11. The van der Waals surface area contributed by atoms with Crippen LogP contribution in [-0.2, 0) is 10.0 Å². The summed E-state index contributed by atoms with van der Waals surface area (Å²) >= 11 is 0. The molecule has 0 aliphatic rings. The topological polar surface area (TPSA) is 79.3 Å². The Bertz CT molecular complexity index is 755. The number of benzene rings is 1. The van der Waals surface area contributed by atoms with E-state index >= 15 is 0 Å². The van der Waals surface area contributed by atoms with Crippen molar-refractivity contribution in [2.45, 2.75) is 31.8 Å². The highest BCUT2D eigenvalue weighted by Crippen LogP contribution is 2.21. The van der Waals surface area contributed by atoms with Gasteiger partial charge in [-0.05, 0) is 50.6 Å². The molecule has 112 valence electrons. The van der Waals surface area contributed by atoms with Gasteiger partial charge in [0.1, 0.15) is 0 Å². The maximum atomic E-state index is 12.4. The van der Waals surface area contributed by atoms with Gasteiger partial charge in [0.2, 0.25) is 0 Å². The van der Waals surface area contributed by atoms with E-state index in [-0.39, 0.29) is 4.90 Å². The Morgan fingerprint density at radius 3 is 2.52 bits per heavy atom. The molecule has 6 heteroatoms. The summed E-state index contributed by atoms with van der Waals surface area (Å²) in [5.41, 5.74) is 2.44. The Morgan fingerprint density at radius 2 is 1.90 bits per heavy atom. The quantitative estimate of drug-likeness (QED) is 0.910. The second-order valence-electron chi connectivity index (χ2n) is 4.94. The lowest BCUT2D eigenvalue weighted by Gasteiger charge is -2.12. The summed E-state index contributed by atoms with van der Waals surface area (Å²) in [5, 5.41) is 9.55. The summed E-state index contributed by atoms with van der Waals surface area (Å²) in [5.74, 6) is 0. The number of hydrogen-bond acceptors (Lipinski definition) is 4. The third-order valence-corrected chi connectivity index (χ3v) is 4.48. The Balaban J connectivity index is 2.36. The first-order valence-electron chi connectivity index (χ1n) is 6.55. The van der Waals surface area contributed by atoms with Gasteiger partial charge in [0.05, 0.1) is 22.4 Å². The highest BCUT2D eigenvalue weighted by molar-refractivity contribution is 7.92. The van der Waals surface area contributed by atoms with E-state index in [1.54, 1.807) is 38.1 Å². The number of hydrogen-bond donors (Lipinski definition) is 2. The predicted octanol–water partition coefficient (Wildman–Crippen LogP) is 2.55. The molecule has 2 aromatic rings. The van der Waals surface area contributed by atoms with Gasteiger partial charge in [0.15, 0.2) is 0 Å². The highest BCUT2D eigenvalue weighted by atomic mass is 32.2. The molecule has 1 aromatic carbocycles. The number of aryl methyl sites for hydroxylation is 2. The molecule has 0 bridgehead atoms. The van der Waals surface area contributed by atoms with E-state index in [2.05, 4.69) is 9.71 Å². The molecule has 0 fully saturated rings. The molecule has 0 saturated carbocycles. The number of aliphatic hydroxyl groups is 1. The van der Waals surface area contributed by atoms with E-state index < -0.39 is 16.1 Å². The summed E-state index contributed by atoms with van der Waals surface area (Å²) in [6.07, 6.45) is -0.720. The molecule has 5 nitrogen and oxygen atoms in total. The molecule has 1 unspecified atom stereocenters. The van der Waals surface area contributed by atoms with Crippen molar-refractivity contribution < 1.29 is 13.5 Å². The van der Waals surface area contributed by atoms with Crippen LogP contribution in [0, 0.1) is 13.8 Å². The molecule has 0 aliphatic carbocycles. The molecule has 1 aromatic heterocycles. The minimum absolute atomic E-state index is 0.112. The summed E-state index contributed by atoms with van der Waals surface area (Å²) < 4.78 is 27.3. The minimum atomic E-state index is -3.71. The SMILES string of the molecule is Cc1ccc(NS(=O)(=O)c2cccc(C(C)O)c2)c(C)n1. The molecule has 0 spiro atoms. The Hall–Kier alpha value is -1.92. The number of sulfonamides is 1. The first kappa shape index (κ1) is 15.5. The van der Waals surface area contributed by atoms with Gasteiger partial charge in [-0.15, -0.1) is 0 Å². The third kappa shape index (κ3) is 3.59. The lowest BCUT2D eigenvalue weighted by atomic mass is 10.1. The zero-order chi connectivity index (χ0) is 15.6. The first-order valence-corrected chi connectivity index (χ1v) is 8.03. The Morgan fingerprint density at radius 1 is 1.19 bits per heavy atom. The van der Waals surface area contributed by atoms with Crippen molar-refractivity contribution in [2.75, 3.05) is 4.72 Å². The molecule has 2 N–H and O–H groups in total. The van der Waals surface area contributed by atoms with Gasteiger partial charge in [0.25, 0.3) is 10.0 Å². The van der Waals surface area contributed by atoms with E-state index in [1.807, 2.05) is 6.92 Å². The number of pyridine rings is 1. The molecule has 21 heavy (non-hydrogen) atoms. The highest BCUT2D eigenvalue weighted by Gasteiger charge is 2.16. The Kier molecular flexibility index (Phi) is 4.29. The average Bonchev–Trinajstić information content (AvgIpc) is 2.42. The maximum Gasteiger partial charge on any atom is 0.261 e. The molecular weight excluding hydrogens is 288 g/mol. The minimum Gasteiger partial charge on any atom is -0.389 e. The number of nitrogens with zero attached hydrogens (tertiary/aromatic N) is 1. The summed E-state index contributed by atoms with van der Waals surface area (Å²) in [6, 6.07) is 9.68. The van der Waals surface area contributed by atoms with Crippen molar-refractivity contribution in [1.29, 1.82) is 0 Å². The molecule has 1 atom stereocenters. The van der Waals surface area contributed by atoms with Crippen LogP contribution in [0.1, 0.15) is 30.0 Å². The summed E-state index contributed by atoms with van der Waals surface area (Å²) in [6.45, 7) is 5.18. The second kappa shape index (κ2) is 5.83. The van der Waals surface area contributed by atoms with Gasteiger partial charge < -0.3 is 5.11 Å². The average molecular weight is 306 g/mol. The van der Waals surface area contributed by atoms with Crippen molar-refractivity contribution in [3.63, 3.8) is 0 Å². The normalized spacial score (nSPS) is 13.0. The van der Waals surface area contributed by atoms with Crippen LogP contribution >= 0.6 is 0 Å². The van der Waals surface area contributed by atoms with Gasteiger partial charge in [0, 0.05) is 5.69 Å². The summed E-state index contributed by atoms with van der Waals surface area (Å²) in [7, 11) is -3.71. The van der Waals surface area contributed by atoms with E-state index in [4.69, 9.17) is 0 Å². The van der Waals surface area contributed by atoms with Gasteiger partial charge >= 0.3 is 0 Å². The zero-order valence-corrected chi connectivity index (χ0v) is 13.0. The number of aliphatic hydroxyl groups excluding tert-OH is 1. The predicted molar refractivity (Wildman–Crippen MR) is 81.6 cm³/mol. The number of rotatable bonds is 4. The second-order valence-corrected chi connectivity index (χ2v) is 6.62. The largest absolute Gasteiger partial charge is 0.389 e. The van der Waals surface area contributed by atoms with Gasteiger partial charge in [-0.25, -0.2) is 8.42 Å². The van der Waals surface area contributed by atoms with Crippen LogP contribution in [0.4, 0.5) is 5.69 Å². The standard InChI is InChI=1S/C15H18N2O3S/c1-10-7-8-15(11(2)16-10)17-21(19,20)14-6-4-5-13(9-14)12(3)18/h4-9,12,17-18H,1-3H3. The van der Waals surface area contributed by atoms with E-state index in [9.17, 15) is 13.5 Å². The molecule has 1 heterocycles. The first-order chi connectivity index (χ1) is 9.79. The van der Waals surface area contributed by atoms with Crippen molar-refractivity contribution >= 4 is 15.7 Å². The summed E-state index contributed by atoms with van der Waals surface area (Å²) in [4.78, 5) is 4.34. The van der Waals surface area contributed by atoms with Gasteiger partial charge in [-0.1, -0.05) is 12.1 Å². The molecule has 0 aliphatic heterocycles. The number of anilines is 1. The molecule has 0 saturated heterocycles. The van der Waals surface area contributed by atoms with Gasteiger partial charge in [-0.3, -0.25) is 9.71 Å². The van der Waals surface area contributed by atoms with Crippen molar-refractivity contribution in [2.24, 2.45) is 0 Å². The van der Waals surface area contributed by atoms with E-state index in [1.165, 1.54) is 12.1 Å². The number of nitrogens with one attached hydrogen (secondary N) is 1. The monoisotopic (exact) mass is 306 g/mol. The Labute approximate surface area is 124 Å². The van der Waals surface area contributed by atoms with Crippen molar-refractivity contribution in [1.82, 2.24) is 4.98 Å². The van der Waals surface area contributed by atoms with Gasteiger partial charge in [-0.2, -0.15) is 0 Å². The van der Waals surface area contributed by atoms with Crippen LogP contribution in [0.25, 0.3) is 0 Å². The van der Waals surface area contributed by atoms with Crippen LogP contribution in [-0.4, -0.2) is 18.5 Å². The molecule has 2 rings (SSSR count). The molecule has 0 radical (unpaired) electrons. The van der Waals surface area contributed by atoms with Crippen molar-refractivity contribution in [3.8, 4) is 0 Å². The van der Waals surface area contributed by atoms with Crippen LogP contribution in [0.15, 0.2) is 41.3 Å². The smallest absolute Gasteiger partial charge is 0.261 e. The number of aromatic nitrogens is 1. The lowest BCUT2D eigenvalue weighted by Crippen LogP contribution is -2.14.